The van der Waals surface area contributed by atoms with Gasteiger partial charge in [-0.25, -0.2) is 9.37 Å². The van der Waals surface area contributed by atoms with Crippen molar-refractivity contribution in [2.24, 2.45) is 0 Å². The monoisotopic (exact) mass is 515 g/mol. The van der Waals surface area contributed by atoms with Crippen molar-refractivity contribution in [1.82, 2.24) is 14.5 Å². The van der Waals surface area contributed by atoms with Crippen LogP contribution in [0.25, 0.3) is 11.0 Å². The van der Waals surface area contributed by atoms with Crippen molar-refractivity contribution < 1.29 is 18.7 Å². The molecule has 4 aromatic rings. The summed E-state index contributed by atoms with van der Waals surface area (Å²) in [4.78, 5) is 17.9. The second kappa shape index (κ2) is 12.2. The molecule has 38 heavy (non-hydrogen) atoms. The van der Waals surface area contributed by atoms with Gasteiger partial charge in [-0.1, -0.05) is 43.7 Å². The summed E-state index contributed by atoms with van der Waals surface area (Å²) in [5.41, 5.74) is 4.83. The number of rotatable bonds is 11. The third kappa shape index (κ3) is 6.05. The zero-order valence-corrected chi connectivity index (χ0v) is 21.9. The van der Waals surface area contributed by atoms with E-state index in [1.165, 1.54) is 31.4 Å². The number of piperidine rings is 1. The minimum atomic E-state index is -0.272. The molecule has 0 radical (unpaired) electrons. The quantitative estimate of drug-likeness (QED) is 0.232. The molecule has 198 valence electrons. The first-order valence-electron chi connectivity index (χ1n) is 13.4. The summed E-state index contributed by atoms with van der Waals surface area (Å²) in [7, 11) is 0. The SMILES string of the molecule is CCc1cccc(Cn2c(CN3CCCCC3)nc3cc(F)ccc32)c1OCc1ccc(OCC=O)cc1. The van der Waals surface area contributed by atoms with E-state index in [1.54, 1.807) is 0 Å². The number of nitrogens with zero attached hydrogens (tertiary/aromatic N) is 3. The van der Waals surface area contributed by atoms with Gasteiger partial charge < -0.3 is 14.0 Å². The second-order valence-corrected chi connectivity index (χ2v) is 9.75. The van der Waals surface area contributed by atoms with Crippen LogP contribution >= 0.6 is 0 Å². The summed E-state index contributed by atoms with van der Waals surface area (Å²) in [5.74, 6) is 2.21. The number of carbonyl (C=O) groups excluding carboxylic acids is 1. The molecular weight excluding hydrogens is 481 g/mol. The summed E-state index contributed by atoms with van der Waals surface area (Å²) < 4.78 is 28.1. The molecule has 0 amide bonds. The number of aromatic nitrogens is 2. The molecule has 0 unspecified atom stereocenters. The van der Waals surface area contributed by atoms with E-state index in [0.29, 0.717) is 24.4 Å². The zero-order chi connectivity index (χ0) is 26.3. The van der Waals surface area contributed by atoms with E-state index in [9.17, 15) is 9.18 Å². The highest BCUT2D eigenvalue weighted by atomic mass is 19.1. The second-order valence-electron chi connectivity index (χ2n) is 9.75. The van der Waals surface area contributed by atoms with Gasteiger partial charge in [0.15, 0.2) is 6.29 Å². The number of imidazole rings is 1. The number of hydrogen-bond donors (Lipinski definition) is 0. The zero-order valence-electron chi connectivity index (χ0n) is 21.9. The number of aldehydes is 1. The Kier molecular flexibility index (Phi) is 8.34. The Morgan fingerprint density at radius 3 is 2.50 bits per heavy atom. The fourth-order valence-electron chi connectivity index (χ4n) is 5.13. The molecule has 0 spiro atoms. The van der Waals surface area contributed by atoms with Crippen LogP contribution in [0.3, 0.4) is 0 Å². The molecular formula is C31H34FN3O3. The van der Waals surface area contributed by atoms with Gasteiger partial charge in [0.25, 0.3) is 0 Å². The van der Waals surface area contributed by atoms with Crippen LogP contribution in [0, 0.1) is 5.82 Å². The summed E-state index contributed by atoms with van der Waals surface area (Å²) in [6, 6.07) is 18.7. The fourth-order valence-corrected chi connectivity index (χ4v) is 5.13. The van der Waals surface area contributed by atoms with Gasteiger partial charge in [-0.05, 0) is 67.7 Å². The maximum absolute atomic E-state index is 14.1. The Labute approximate surface area is 223 Å². The standard InChI is InChI=1S/C31H34FN3O3/c1-2-24-7-6-8-25(31(24)38-22-23-9-12-27(13-10-23)37-18-17-36)20-35-29-14-11-26(32)19-28(29)33-30(35)21-34-15-4-3-5-16-34/h6-14,17,19H,2-5,15-16,18,20-22H2,1H3. The van der Waals surface area contributed by atoms with E-state index in [0.717, 1.165) is 66.1 Å². The minimum absolute atomic E-state index is 0.0401. The van der Waals surface area contributed by atoms with E-state index in [4.69, 9.17) is 14.5 Å². The van der Waals surface area contributed by atoms with Gasteiger partial charge >= 0.3 is 0 Å². The molecule has 7 heteroatoms. The van der Waals surface area contributed by atoms with E-state index in [-0.39, 0.29) is 12.4 Å². The van der Waals surface area contributed by atoms with Crippen molar-refractivity contribution in [2.75, 3.05) is 19.7 Å². The largest absolute Gasteiger partial charge is 0.488 e. The van der Waals surface area contributed by atoms with Crippen molar-refractivity contribution in [2.45, 2.75) is 52.3 Å². The van der Waals surface area contributed by atoms with E-state index >= 15 is 0 Å². The molecule has 0 atom stereocenters. The Morgan fingerprint density at radius 2 is 1.74 bits per heavy atom. The lowest BCUT2D eigenvalue weighted by Gasteiger charge is -2.26. The van der Waals surface area contributed by atoms with Crippen LogP contribution in [0.5, 0.6) is 11.5 Å². The van der Waals surface area contributed by atoms with Crippen LogP contribution in [0.4, 0.5) is 4.39 Å². The topological polar surface area (TPSA) is 56.6 Å². The number of halogens is 1. The minimum Gasteiger partial charge on any atom is -0.488 e. The first kappa shape index (κ1) is 25.9. The maximum atomic E-state index is 14.1. The lowest BCUT2D eigenvalue weighted by molar-refractivity contribution is -0.109. The molecule has 1 aliphatic rings. The lowest BCUT2D eigenvalue weighted by atomic mass is 10.1. The maximum Gasteiger partial charge on any atom is 0.157 e. The highest BCUT2D eigenvalue weighted by Gasteiger charge is 2.19. The molecule has 2 heterocycles. The number of fused-ring (bicyclic) bond motifs is 1. The summed E-state index contributed by atoms with van der Waals surface area (Å²) in [5, 5.41) is 0. The van der Waals surface area contributed by atoms with E-state index < -0.39 is 0 Å². The Morgan fingerprint density at radius 1 is 0.947 bits per heavy atom. The Hall–Kier alpha value is -3.71. The van der Waals surface area contributed by atoms with Crippen molar-refractivity contribution >= 4 is 17.3 Å². The average molecular weight is 516 g/mol. The number of benzene rings is 3. The first-order valence-corrected chi connectivity index (χ1v) is 13.4. The van der Waals surface area contributed by atoms with Gasteiger partial charge in [0.05, 0.1) is 24.1 Å². The predicted octanol–water partition coefficient (Wildman–Crippen LogP) is 5.93. The molecule has 1 aromatic heterocycles. The number of ether oxygens (including phenoxy) is 2. The number of likely N-dealkylation sites (tertiary alicyclic amines) is 1. The van der Waals surface area contributed by atoms with Gasteiger partial charge in [-0.2, -0.15) is 0 Å². The molecule has 0 aliphatic carbocycles. The molecule has 0 N–H and O–H groups in total. The van der Waals surface area contributed by atoms with Crippen molar-refractivity contribution in [1.29, 1.82) is 0 Å². The van der Waals surface area contributed by atoms with Crippen LogP contribution in [-0.2, 0) is 30.9 Å². The molecule has 6 nitrogen and oxygen atoms in total. The van der Waals surface area contributed by atoms with Crippen LogP contribution in [0.1, 0.15) is 48.7 Å². The molecule has 0 saturated carbocycles. The number of hydrogen-bond acceptors (Lipinski definition) is 5. The smallest absolute Gasteiger partial charge is 0.157 e. The molecule has 5 rings (SSSR count). The van der Waals surface area contributed by atoms with Gasteiger partial charge in [-0.15, -0.1) is 0 Å². The average Bonchev–Trinajstić information content (AvgIpc) is 3.27. The van der Waals surface area contributed by atoms with Crippen molar-refractivity contribution in [3.63, 3.8) is 0 Å². The van der Waals surface area contributed by atoms with E-state index in [2.05, 4.69) is 34.6 Å². The van der Waals surface area contributed by atoms with E-state index in [1.807, 2.05) is 30.3 Å². The number of aryl methyl sites for hydroxylation is 1. The van der Waals surface area contributed by atoms with Gasteiger partial charge in [0.1, 0.15) is 36.4 Å². The molecule has 1 aliphatic heterocycles. The van der Waals surface area contributed by atoms with Crippen LogP contribution in [0.15, 0.2) is 60.7 Å². The van der Waals surface area contributed by atoms with Crippen LogP contribution in [-0.4, -0.2) is 40.4 Å². The molecule has 0 bridgehead atoms. The third-order valence-corrected chi connectivity index (χ3v) is 7.12. The van der Waals surface area contributed by atoms with Gasteiger partial charge in [0, 0.05) is 11.6 Å². The fraction of sp³-hybridized carbons (Fsp3) is 0.355. The Balaban J connectivity index is 1.42. The normalized spacial score (nSPS) is 14.1. The highest BCUT2D eigenvalue weighted by Crippen LogP contribution is 2.29. The molecule has 3 aromatic carbocycles. The predicted molar refractivity (Wildman–Crippen MR) is 146 cm³/mol. The van der Waals surface area contributed by atoms with Crippen molar-refractivity contribution in [3.8, 4) is 11.5 Å². The first-order chi connectivity index (χ1) is 18.6. The number of para-hydroxylation sites is 1. The summed E-state index contributed by atoms with van der Waals surface area (Å²) in [6.07, 6.45) is 5.26. The van der Waals surface area contributed by atoms with Crippen LogP contribution < -0.4 is 9.47 Å². The summed E-state index contributed by atoms with van der Waals surface area (Å²) in [6.45, 7) is 6.05. The van der Waals surface area contributed by atoms with Crippen molar-refractivity contribution in [3.05, 3.63) is 89.0 Å². The number of carbonyl (C=O) groups is 1. The summed E-state index contributed by atoms with van der Waals surface area (Å²) >= 11 is 0. The van der Waals surface area contributed by atoms with Crippen LogP contribution in [0.2, 0.25) is 0 Å². The van der Waals surface area contributed by atoms with Gasteiger partial charge in [-0.3, -0.25) is 9.69 Å². The third-order valence-electron chi connectivity index (χ3n) is 7.12. The highest BCUT2D eigenvalue weighted by molar-refractivity contribution is 5.76. The Bertz CT molecular complexity index is 1380. The molecule has 1 saturated heterocycles. The van der Waals surface area contributed by atoms with Gasteiger partial charge in [0.2, 0.25) is 0 Å². The lowest BCUT2D eigenvalue weighted by Crippen LogP contribution is -2.30. The molecule has 1 fully saturated rings.